The van der Waals surface area contributed by atoms with Crippen LogP contribution in [-0.2, 0) is 9.59 Å². The summed E-state index contributed by atoms with van der Waals surface area (Å²) >= 11 is 0. The van der Waals surface area contributed by atoms with Gasteiger partial charge in [-0.25, -0.2) is 0 Å². The third-order valence-corrected chi connectivity index (χ3v) is 3.31. The molecule has 2 amide bonds. The summed E-state index contributed by atoms with van der Waals surface area (Å²) in [6.45, 7) is 2.74. The molecule has 0 aromatic carbocycles. The van der Waals surface area contributed by atoms with E-state index in [-0.39, 0.29) is 23.9 Å². The lowest BCUT2D eigenvalue weighted by molar-refractivity contribution is -0.137. The van der Waals surface area contributed by atoms with Gasteiger partial charge in [-0.3, -0.25) is 9.59 Å². The highest BCUT2D eigenvalue weighted by molar-refractivity contribution is 5.96. The maximum atomic E-state index is 11.8. The van der Waals surface area contributed by atoms with E-state index in [1.54, 1.807) is 0 Å². The molecule has 0 saturated carbocycles. The van der Waals surface area contributed by atoms with Crippen molar-refractivity contribution >= 4 is 11.8 Å². The predicted molar refractivity (Wildman–Crippen MR) is 70.9 cm³/mol. The van der Waals surface area contributed by atoms with E-state index in [0.717, 1.165) is 38.5 Å². The molecule has 104 valence electrons. The first kappa shape index (κ1) is 15.0. The van der Waals surface area contributed by atoms with Crippen LogP contribution in [0, 0.1) is 0 Å². The third kappa shape index (κ3) is 4.64. The van der Waals surface area contributed by atoms with Gasteiger partial charge in [0.2, 0.25) is 11.8 Å². The van der Waals surface area contributed by atoms with Gasteiger partial charge in [0.05, 0.1) is 0 Å². The van der Waals surface area contributed by atoms with E-state index in [1.165, 1.54) is 0 Å². The highest BCUT2D eigenvalue weighted by Crippen LogP contribution is 2.10. The summed E-state index contributed by atoms with van der Waals surface area (Å²) in [7, 11) is 0. The molecule has 0 aliphatic carbocycles. The van der Waals surface area contributed by atoms with Gasteiger partial charge in [-0.05, 0) is 32.2 Å². The van der Waals surface area contributed by atoms with Gasteiger partial charge in [-0.15, -0.1) is 0 Å². The molecular formula is C13H25N3O2. The van der Waals surface area contributed by atoms with Gasteiger partial charge in [0.25, 0.3) is 0 Å². The van der Waals surface area contributed by atoms with Crippen LogP contribution in [0.1, 0.15) is 51.9 Å². The van der Waals surface area contributed by atoms with Crippen LogP contribution >= 0.6 is 0 Å². The van der Waals surface area contributed by atoms with Crippen molar-refractivity contribution in [2.24, 2.45) is 5.73 Å². The van der Waals surface area contributed by atoms with Crippen LogP contribution in [0.15, 0.2) is 0 Å². The van der Waals surface area contributed by atoms with Crippen LogP contribution in [0.2, 0.25) is 0 Å². The van der Waals surface area contributed by atoms with Crippen LogP contribution in [-0.4, -0.2) is 30.4 Å². The van der Waals surface area contributed by atoms with Crippen molar-refractivity contribution in [2.45, 2.75) is 64.0 Å². The summed E-state index contributed by atoms with van der Waals surface area (Å²) in [6, 6.07) is -0.707. The molecule has 0 aromatic heterocycles. The van der Waals surface area contributed by atoms with Gasteiger partial charge in [0, 0.05) is 0 Å². The zero-order chi connectivity index (χ0) is 13.4. The van der Waals surface area contributed by atoms with Crippen molar-refractivity contribution in [3.05, 3.63) is 0 Å². The number of carbonyl (C=O) groups excluding carboxylic acids is 2. The lowest BCUT2D eigenvalue weighted by atomic mass is 10.0. The molecule has 1 fully saturated rings. The second-order valence-electron chi connectivity index (χ2n) is 4.90. The van der Waals surface area contributed by atoms with E-state index >= 15 is 0 Å². The van der Waals surface area contributed by atoms with Gasteiger partial charge in [0.1, 0.15) is 12.1 Å². The van der Waals surface area contributed by atoms with Crippen molar-refractivity contribution < 1.29 is 9.59 Å². The zero-order valence-corrected chi connectivity index (χ0v) is 11.2. The number of hydrogen-bond acceptors (Lipinski definition) is 3. The Balaban J connectivity index is 2.34. The average Bonchev–Trinajstić information content (AvgIpc) is 2.35. The van der Waals surface area contributed by atoms with Gasteiger partial charge in [-0.1, -0.05) is 26.2 Å². The fourth-order valence-corrected chi connectivity index (χ4v) is 2.17. The number of piperazine rings is 1. The lowest BCUT2D eigenvalue weighted by Gasteiger charge is -2.29. The Kier molecular flexibility index (Phi) is 6.72. The topological polar surface area (TPSA) is 84.2 Å². The molecule has 0 radical (unpaired) electrons. The smallest absolute Gasteiger partial charge is 0.243 e. The van der Waals surface area contributed by atoms with Gasteiger partial charge in [-0.2, -0.15) is 0 Å². The summed E-state index contributed by atoms with van der Waals surface area (Å²) in [5.74, 6) is -0.0865. The zero-order valence-electron chi connectivity index (χ0n) is 11.2. The van der Waals surface area contributed by atoms with Crippen LogP contribution < -0.4 is 16.4 Å². The Hall–Kier alpha value is -1.10. The molecule has 0 aromatic rings. The van der Waals surface area contributed by atoms with Crippen molar-refractivity contribution in [1.29, 1.82) is 0 Å². The first-order valence-electron chi connectivity index (χ1n) is 6.99. The Morgan fingerprint density at radius 3 is 1.89 bits per heavy atom. The van der Waals surface area contributed by atoms with Crippen LogP contribution in [0.5, 0.6) is 0 Å². The number of rotatable bonds is 8. The van der Waals surface area contributed by atoms with E-state index in [9.17, 15) is 9.59 Å². The molecule has 5 nitrogen and oxygen atoms in total. The Morgan fingerprint density at radius 2 is 1.44 bits per heavy atom. The number of unbranched alkanes of at least 4 members (excludes halogenated alkanes) is 3. The number of nitrogens with two attached hydrogens (primary N) is 1. The van der Waals surface area contributed by atoms with Crippen LogP contribution in [0.4, 0.5) is 0 Å². The minimum atomic E-state index is -0.369. The Morgan fingerprint density at radius 1 is 0.944 bits per heavy atom. The SMILES string of the molecule is CCCCCC1NC(=O)C(CCCCN)NC1=O. The molecule has 0 bridgehead atoms. The van der Waals surface area contributed by atoms with E-state index in [4.69, 9.17) is 5.73 Å². The summed E-state index contributed by atoms with van der Waals surface area (Å²) in [4.78, 5) is 23.6. The molecule has 1 aliphatic heterocycles. The molecule has 1 rings (SSSR count). The molecule has 18 heavy (non-hydrogen) atoms. The monoisotopic (exact) mass is 255 g/mol. The van der Waals surface area contributed by atoms with Crippen LogP contribution in [0.3, 0.4) is 0 Å². The normalized spacial score (nSPS) is 23.7. The van der Waals surface area contributed by atoms with Gasteiger partial charge < -0.3 is 16.4 Å². The number of carbonyl (C=O) groups is 2. The molecule has 2 atom stereocenters. The first-order valence-corrected chi connectivity index (χ1v) is 6.99. The number of amides is 2. The number of nitrogens with one attached hydrogen (secondary N) is 2. The molecule has 2 unspecified atom stereocenters. The number of hydrogen-bond donors (Lipinski definition) is 3. The molecular weight excluding hydrogens is 230 g/mol. The molecule has 5 heteroatoms. The van der Waals surface area contributed by atoms with E-state index in [1.807, 2.05) is 0 Å². The van der Waals surface area contributed by atoms with Crippen molar-refractivity contribution in [1.82, 2.24) is 10.6 Å². The summed E-state index contributed by atoms with van der Waals surface area (Å²) < 4.78 is 0. The Labute approximate surface area is 109 Å². The highest BCUT2D eigenvalue weighted by Gasteiger charge is 2.32. The molecule has 0 spiro atoms. The standard InChI is InChI=1S/C13H25N3O2/c1-2-3-4-7-10-12(17)16-11(13(18)15-10)8-5-6-9-14/h10-11H,2-9,14H2,1H3,(H,15,18)(H,16,17). The second-order valence-corrected chi connectivity index (χ2v) is 4.90. The van der Waals surface area contributed by atoms with Crippen LogP contribution in [0.25, 0.3) is 0 Å². The maximum Gasteiger partial charge on any atom is 0.243 e. The quantitative estimate of drug-likeness (QED) is 0.558. The fourth-order valence-electron chi connectivity index (χ4n) is 2.17. The molecule has 1 saturated heterocycles. The predicted octanol–water partition coefficient (Wildman–Crippen LogP) is 0.679. The van der Waals surface area contributed by atoms with Crippen molar-refractivity contribution in [2.75, 3.05) is 6.54 Å². The fraction of sp³-hybridized carbons (Fsp3) is 0.846. The van der Waals surface area contributed by atoms with Crippen molar-refractivity contribution in [3.8, 4) is 0 Å². The maximum absolute atomic E-state index is 11.8. The van der Waals surface area contributed by atoms with Gasteiger partial charge >= 0.3 is 0 Å². The highest BCUT2D eigenvalue weighted by atomic mass is 16.2. The van der Waals surface area contributed by atoms with Gasteiger partial charge in [0.15, 0.2) is 0 Å². The molecule has 1 heterocycles. The Bertz CT molecular complexity index is 253. The van der Waals surface area contributed by atoms with Crippen molar-refractivity contribution in [3.63, 3.8) is 0 Å². The largest absolute Gasteiger partial charge is 0.343 e. The second kappa shape index (κ2) is 8.08. The molecule has 1 aliphatic rings. The average molecular weight is 255 g/mol. The molecule has 4 N–H and O–H groups in total. The third-order valence-electron chi connectivity index (χ3n) is 3.31. The minimum Gasteiger partial charge on any atom is -0.343 e. The van der Waals surface area contributed by atoms with E-state index < -0.39 is 0 Å². The van der Waals surface area contributed by atoms with E-state index in [2.05, 4.69) is 17.6 Å². The minimum absolute atomic E-state index is 0.0385. The summed E-state index contributed by atoms with van der Waals surface area (Å²) in [5.41, 5.74) is 5.41. The lowest BCUT2D eigenvalue weighted by Crippen LogP contribution is -2.61. The summed E-state index contributed by atoms with van der Waals surface area (Å²) in [6.07, 6.45) is 6.36. The van der Waals surface area contributed by atoms with E-state index in [0.29, 0.717) is 13.0 Å². The first-order chi connectivity index (χ1) is 8.69. The summed E-state index contributed by atoms with van der Waals surface area (Å²) in [5, 5.41) is 5.63.